The molecular formula is C16H20N4O5. The molecule has 1 fully saturated rings. The Morgan fingerprint density at radius 1 is 1.28 bits per heavy atom. The predicted molar refractivity (Wildman–Crippen MR) is 87.3 cm³/mol. The second-order valence-electron chi connectivity index (χ2n) is 5.81. The zero-order valence-electron chi connectivity index (χ0n) is 13.3. The van der Waals surface area contributed by atoms with E-state index in [1.54, 1.807) is 0 Å². The number of nitrogens with zero attached hydrogens (tertiary/aromatic N) is 1. The van der Waals surface area contributed by atoms with Crippen molar-refractivity contribution in [2.45, 2.75) is 31.0 Å². The Bertz CT molecular complexity index is 735. The fraction of sp³-hybridized carbons (Fsp3) is 0.375. The van der Waals surface area contributed by atoms with Crippen LogP contribution in [0.5, 0.6) is 0 Å². The molecule has 0 spiro atoms. The smallest absolute Gasteiger partial charge is 0.271 e. The molecule has 134 valence electrons. The van der Waals surface area contributed by atoms with Gasteiger partial charge >= 0.3 is 0 Å². The molecule has 9 nitrogen and oxygen atoms in total. The molecule has 1 amide bonds. The molecule has 1 aromatic carbocycles. The van der Waals surface area contributed by atoms with Crippen LogP contribution in [0.25, 0.3) is 0 Å². The molecule has 25 heavy (non-hydrogen) atoms. The highest BCUT2D eigenvalue weighted by Crippen LogP contribution is 2.32. The van der Waals surface area contributed by atoms with Gasteiger partial charge in [-0.2, -0.15) is 0 Å². The first-order chi connectivity index (χ1) is 12.0. The number of H-pyrrole nitrogens is 1. The molecule has 3 rings (SSSR count). The summed E-state index contributed by atoms with van der Waals surface area (Å²) in [7, 11) is 0. The first-order valence-corrected chi connectivity index (χ1v) is 7.81. The first kappa shape index (κ1) is 17.4. The third-order valence-corrected chi connectivity index (χ3v) is 4.08. The quantitative estimate of drug-likeness (QED) is 0.408. The molecule has 2 heterocycles. The van der Waals surface area contributed by atoms with E-state index < -0.39 is 36.9 Å². The molecule has 2 aromatic rings. The average molecular weight is 348 g/mol. The van der Waals surface area contributed by atoms with E-state index in [1.807, 2.05) is 30.3 Å². The van der Waals surface area contributed by atoms with E-state index in [0.29, 0.717) is 6.54 Å². The number of nitrogens with one attached hydrogen (secondary N) is 2. The monoisotopic (exact) mass is 348 g/mol. The van der Waals surface area contributed by atoms with Crippen molar-refractivity contribution in [2.75, 3.05) is 12.3 Å². The number of nitrogen functional groups attached to an aromatic ring is 1. The standard InChI is InChI=1S/C16H20N4O5/c17-14-10(16(24)18-6-8-4-2-1-3-5-8)19-15(20-14)13-12(23)11(22)9(7-21)25-13/h1-5,9,11-13,21-23H,6-7,17H2,(H,18,24)(H,19,20)/t9-,11+,12+,13-/m0/s1. The van der Waals surface area contributed by atoms with Gasteiger partial charge in [-0.15, -0.1) is 0 Å². The molecule has 0 aliphatic carbocycles. The zero-order valence-corrected chi connectivity index (χ0v) is 13.3. The Morgan fingerprint density at radius 3 is 2.64 bits per heavy atom. The van der Waals surface area contributed by atoms with Gasteiger partial charge < -0.3 is 36.1 Å². The summed E-state index contributed by atoms with van der Waals surface area (Å²) < 4.78 is 5.37. The van der Waals surface area contributed by atoms with Crippen molar-refractivity contribution < 1.29 is 24.9 Å². The number of rotatable bonds is 5. The van der Waals surface area contributed by atoms with E-state index in [4.69, 9.17) is 15.6 Å². The van der Waals surface area contributed by atoms with Gasteiger partial charge in [-0.05, 0) is 5.56 Å². The van der Waals surface area contributed by atoms with E-state index in [9.17, 15) is 15.0 Å². The zero-order chi connectivity index (χ0) is 18.0. The molecular weight excluding hydrogens is 328 g/mol. The number of carbonyl (C=O) groups excluding carboxylic acids is 1. The number of aliphatic hydroxyl groups excluding tert-OH is 3. The number of hydrogen-bond acceptors (Lipinski definition) is 7. The number of aromatic amines is 1. The highest BCUT2D eigenvalue weighted by molar-refractivity contribution is 5.96. The lowest BCUT2D eigenvalue weighted by molar-refractivity contribution is -0.0250. The fourth-order valence-corrected chi connectivity index (χ4v) is 2.71. The van der Waals surface area contributed by atoms with Crippen molar-refractivity contribution in [3.63, 3.8) is 0 Å². The van der Waals surface area contributed by atoms with E-state index in [2.05, 4.69) is 15.3 Å². The number of anilines is 1. The van der Waals surface area contributed by atoms with Gasteiger partial charge in [0.2, 0.25) is 0 Å². The van der Waals surface area contributed by atoms with Crippen LogP contribution in [0.1, 0.15) is 28.0 Å². The number of aliphatic hydroxyl groups is 3. The lowest BCUT2D eigenvalue weighted by atomic mass is 10.1. The van der Waals surface area contributed by atoms with Crippen LogP contribution < -0.4 is 11.1 Å². The van der Waals surface area contributed by atoms with Gasteiger partial charge in [0.05, 0.1) is 6.61 Å². The molecule has 0 radical (unpaired) electrons. The number of imidazole rings is 1. The number of nitrogens with two attached hydrogens (primary N) is 1. The minimum Gasteiger partial charge on any atom is -0.394 e. The van der Waals surface area contributed by atoms with E-state index in [-0.39, 0.29) is 17.3 Å². The van der Waals surface area contributed by atoms with Crippen LogP contribution in [0.4, 0.5) is 5.82 Å². The molecule has 0 unspecified atom stereocenters. The summed E-state index contributed by atoms with van der Waals surface area (Å²) in [6.45, 7) is -0.128. The van der Waals surface area contributed by atoms with Crippen LogP contribution in [0, 0.1) is 0 Å². The molecule has 0 saturated carbocycles. The third-order valence-electron chi connectivity index (χ3n) is 4.08. The summed E-state index contributed by atoms with van der Waals surface area (Å²) in [5, 5.41) is 31.7. The largest absolute Gasteiger partial charge is 0.394 e. The van der Waals surface area contributed by atoms with Crippen LogP contribution in [-0.2, 0) is 11.3 Å². The van der Waals surface area contributed by atoms with Gasteiger partial charge in [0.25, 0.3) is 5.91 Å². The maximum absolute atomic E-state index is 12.3. The van der Waals surface area contributed by atoms with Crippen LogP contribution in [0.2, 0.25) is 0 Å². The number of hydrogen-bond donors (Lipinski definition) is 6. The molecule has 0 bridgehead atoms. The van der Waals surface area contributed by atoms with Crippen LogP contribution >= 0.6 is 0 Å². The Morgan fingerprint density at radius 2 is 2.00 bits per heavy atom. The molecule has 7 N–H and O–H groups in total. The number of aromatic nitrogens is 2. The van der Waals surface area contributed by atoms with Crippen molar-refractivity contribution >= 4 is 11.7 Å². The lowest BCUT2D eigenvalue weighted by Crippen LogP contribution is -2.32. The van der Waals surface area contributed by atoms with Crippen LogP contribution in [0.15, 0.2) is 30.3 Å². The van der Waals surface area contributed by atoms with Crippen LogP contribution in [0.3, 0.4) is 0 Å². The van der Waals surface area contributed by atoms with E-state index >= 15 is 0 Å². The Kier molecular flexibility index (Phi) is 5.00. The van der Waals surface area contributed by atoms with Gasteiger partial charge in [-0.3, -0.25) is 4.79 Å². The highest BCUT2D eigenvalue weighted by atomic mass is 16.6. The van der Waals surface area contributed by atoms with Crippen molar-refractivity contribution in [3.8, 4) is 0 Å². The minimum atomic E-state index is -1.29. The summed E-state index contributed by atoms with van der Waals surface area (Å²) >= 11 is 0. The fourth-order valence-electron chi connectivity index (χ4n) is 2.71. The van der Waals surface area contributed by atoms with Crippen molar-refractivity contribution in [2.24, 2.45) is 0 Å². The van der Waals surface area contributed by atoms with Crippen molar-refractivity contribution in [1.29, 1.82) is 0 Å². The minimum absolute atomic E-state index is 0.0432. The maximum atomic E-state index is 12.3. The maximum Gasteiger partial charge on any atom is 0.271 e. The van der Waals surface area contributed by atoms with Crippen molar-refractivity contribution in [1.82, 2.24) is 15.3 Å². The average Bonchev–Trinajstić information content (AvgIpc) is 3.14. The number of carbonyl (C=O) groups is 1. The summed E-state index contributed by atoms with van der Waals surface area (Å²) in [5.74, 6) is -0.380. The van der Waals surface area contributed by atoms with Gasteiger partial charge in [-0.1, -0.05) is 30.3 Å². The van der Waals surface area contributed by atoms with Gasteiger partial charge in [-0.25, -0.2) is 4.98 Å². The van der Waals surface area contributed by atoms with Gasteiger partial charge in [0.15, 0.2) is 5.82 Å². The summed E-state index contributed by atoms with van der Waals surface area (Å²) in [6.07, 6.45) is -4.48. The number of ether oxygens (including phenoxy) is 1. The van der Waals surface area contributed by atoms with Gasteiger partial charge in [0, 0.05) is 6.54 Å². The molecule has 9 heteroatoms. The molecule has 1 saturated heterocycles. The summed E-state index contributed by atoms with van der Waals surface area (Å²) in [6, 6.07) is 9.37. The normalized spacial score (nSPS) is 25.9. The molecule has 1 aromatic heterocycles. The molecule has 1 aliphatic heterocycles. The summed E-state index contributed by atoms with van der Waals surface area (Å²) in [4.78, 5) is 19.0. The number of amides is 1. The molecule has 1 aliphatic rings. The summed E-state index contributed by atoms with van der Waals surface area (Å²) in [5.41, 5.74) is 6.75. The van der Waals surface area contributed by atoms with Crippen LogP contribution in [-0.4, -0.2) is 56.1 Å². The Balaban J connectivity index is 1.71. The third kappa shape index (κ3) is 3.49. The topological polar surface area (TPSA) is 154 Å². The second kappa shape index (κ2) is 7.19. The Hall–Kier alpha value is -2.46. The number of benzene rings is 1. The predicted octanol–water partition coefficient (Wildman–Crippen LogP) is -0.924. The van der Waals surface area contributed by atoms with E-state index in [0.717, 1.165) is 5.56 Å². The van der Waals surface area contributed by atoms with Crippen molar-refractivity contribution in [3.05, 3.63) is 47.4 Å². The SMILES string of the molecule is Nc1nc([C@H]2O[C@@H](CO)[C@@H](O)[C@H]2O)[nH]c1C(=O)NCc1ccccc1. The Labute approximate surface area is 143 Å². The first-order valence-electron chi connectivity index (χ1n) is 7.81. The highest BCUT2D eigenvalue weighted by Gasteiger charge is 2.44. The molecule has 4 atom stereocenters. The second-order valence-corrected chi connectivity index (χ2v) is 5.81. The van der Waals surface area contributed by atoms with Gasteiger partial charge in [0.1, 0.15) is 35.9 Å². The lowest BCUT2D eigenvalue weighted by Gasteiger charge is -2.11. The van der Waals surface area contributed by atoms with E-state index in [1.165, 1.54) is 0 Å².